The monoisotopic (exact) mass is 346 g/mol. The summed E-state index contributed by atoms with van der Waals surface area (Å²) < 4.78 is 0. The van der Waals surface area contributed by atoms with E-state index >= 15 is 0 Å². The molecule has 6 heteroatoms. The van der Waals surface area contributed by atoms with E-state index in [9.17, 15) is 4.79 Å². The molecule has 0 aliphatic carbocycles. The number of aryl methyl sites for hydroxylation is 2. The molecule has 0 unspecified atom stereocenters. The number of amides is 1. The Labute approximate surface area is 148 Å². The lowest BCUT2D eigenvalue weighted by atomic mass is 10.1. The van der Waals surface area contributed by atoms with Gasteiger partial charge in [-0.25, -0.2) is 9.97 Å². The molecular weight excluding hydrogens is 324 g/mol. The summed E-state index contributed by atoms with van der Waals surface area (Å²) >= 11 is 6.28. The first-order valence-electron chi connectivity index (χ1n) is 8.03. The number of aromatic nitrogens is 2. The number of nitrogens with one attached hydrogen (secondary N) is 1. The van der Waals surface area contributed by atoms with Crippen LogP contribution in [0.4, 0.5) is 11.5 Å². The molecule has 0 aliphatic heterocycles. The number of benzene rings is 1. The standard InChI is InChI=1S/C18H23ClN4O/c1-5-6-7-23(4)18(24)15-10-21-16(11-20-15)22-17-13(3)8-12(2)9-14(17)19/h8-11H,5-7H2,1-4H3,(H,21,22). The van der Waals surface area contributed by atoms with E-state index in [1.807, 2.05) is 26.0 Å². The summed E-state index contributed by atoms with van der Waals surface area (Å²) in [7, 11) is 1.78. The normalized spacial score (nSPS) is 10.5. The van der Waals surface area contributed by atoms with Crippen LogP contribution in [-0.2, 0) is 0 Å². The smallest absolute Gasteiger partial charge is 0.273 e. The number of halogens is 1. The number of unbranched alkanes of at least 4 members (excludes halogenated alkanes) is 1. The average molecular weight is 347 g/mol. The molecule has 0 atom stereocenters. The Morgan fingerprint density at radius 2 is 2.00 bits per heavy atom. The second kappa shape index (κ2) is 8.11. The number of carbonyl (C=O) groups excluding carboxylic acids is 1. The predicted molar refractivity (Wildman–Crippen MR) is 98.1 cm³/mol. The van der Waals surface area contributed by atoms with Crippen LogP contribution in [0.2, 0.25) is 5.02 Å². The highest BCUT2D eigenvalue weighted by molar-refractivity contribution is 6.33. The van der Waals surface area contributed by atoms with E-state index in [0.717, 1.165) is 36.2 Å². The minimum Gasteiger partial charge on any atom is -0.340 e. The number of rotatable bonds is 6. The predicted octanol–water partition coefficient (Wildman–Crippen LogP) is 4.36. The maximum Gasteiger partial charge on any atom is 0.273 e. The molecule has 1 heterocycles. The van der Waals surface area contributed by atoms with Crippen LogP contribution in [0.1, 0.15) is 41.4 Å². The molecule has 2 aromatic rings. The molecular formula is C18H23ClN4O. The maximum atomic E-state index is 12.2. The molecule has 0 bridgehead atoms. The number of anilines is 2. The number of hydrogen-bond acceptors (Lipinski definition) is 4. The van der Waals surface area contributed by atoms with Crippen molar-refractivity contribution in [2.45, 2.75) is 33.6 Å². The lowest BCUT2D eigenvalue weighted by Crippen LogP contribution is -2.28. The summed E-state index contributed by atoms with van der Waals surface area (Å²) in [5.41, 5.74) is 3.27. The van der Waals surface area contributed by atoms with Crippen LogP contribution in [0.25, 0.3) is 0 Å². The Balaban J connectivity index is 2.11. The van der Waals surface area contributed by atoms with E-state index < -0.39 is 0 Å². The lowest BCUT2D eigenvalue weighted by molar-refractivity contribution is 0.0787. The van der Waals surface area contributed by atoms with Crippen molar-refractivity contribution in [2.24, 2.45) is 0 Å². The minimum atomic E-state index is -0.118. The summed E-state index contributed by atoms with van der Waals surface area (Å²) in [6, 6.07) is 3.94. The maximum absolute atomic E-state index is 12.2. The van der Waals surface area contributed by atoms with Gasteiger partial charge in [-0.05, 0) is 37.5 Å². The van der Waals surface area contributed by atoms with Crippen molar-refractivity contribution in [1.29, 1.82) is 0 Å². The van der Waals surface area contributed by atoms with Gasteiger partial charge in [0.2, 0.25) is 0 Å². The second-order valence-electron chi connectivity index (χ2n) is 5.93. The van der Waals surface area contributed by atoms with E-state index in [0.29, 0.717) is 16.5 Å². The first-order valence-corrected chi connectivity index (χ1v) is 8.41. The minimum absolute atomic E-state index is 0.118. The Morgan fingerprint density at radius 3 is 2.58 bits per heavy atom. The van der Waals surface area contributed by atoms with E-state index in [2.05, 4.69) is 22.2 Å². The van der Waals surface area contributed by atoms with Gasteiger partial charge in [0, 0.05) is 13.6 Å². The first-order chi connectivity index (χ1) is 11.4. The van der Waals surface area contributed by atoms with Crippen molar-refractivity contribution < 1.29 is 4.79 Å². The topological polar surface area (TPSA) is 58.1 Å². The van der Waals surface area contributed by atoms with Gasteiger partial charge in [-0.2, -0.15) is 0 Å². The van der Waals surface area contributed by atoms with Gasteiger partial charge in [0.25, 0.3) is 5.91 Å². The van der Waals surface area contributed by atoms with Crippen LogP contribution in [0.15, 0.2) is 24.5 Å². The molecule has 0 radical (unpaired) electrons. The molecule has 0 aliphatic rings. The molecule has 1 aromatic carbocycles. The molecule has 5 nitrogen and oxygen atoms in total. The van der Waals surface area contributed by atoms with Crippen LogP contribution >= 0.6 is 11.6 Å². The molecule has 0 spiro atoms. The zero-order chi connectivity index (χ0) is 17.7. The van der Waals surface area contributed by atoms with Crippen molar-refractivity contribution in [3.63, 3.8) is 0 Å². The second-order valence-corrected chi connectivity index (χ2v) is 6.34. The molecule has 24 heavy (non-hydrogen) atoms. The van der Waals surface area contributed by atoms with Gasteiger partial charge in [0.1, 0.15) is 11.5 Å². The van der Waals surface area contributed by atoms with Gasteiger partial charge in [-0.3, -0.25) is 4.79 Å². The van der Waals surface area contributed by atoms with Gasteiger partial charge < -0.3 is 10.2 Å². The summed E-state index contributed by atoms with van der Waals surface area (Å²) in [6.45, 7) is 6.79. The van der Waals surface area contributed by atoms with Crippen molar-refractivity contribution >= 4 is 29.0 Å². The quantitative estimate of drug-likeness (QED) is 0.844. The Bertz CT molecular complexity index is 692. The third kappa shape index (κ3) is 4.45. The third-order valence-corrected chi connectivity index (χ3v) is 4.05. The van der Waals surface area contributed by atoms with Crippen LogP contribution in [0, 0.1) is 13.8 Å². The lowest BCUT2D eigenvalue weighted by Gasteiger charge is -2.16. The van der Waals surface area contributed by atoms with Crippen molar-refractivity contribution in [1.82, 2.24) is 14.9 Å². The molecule has 1 N–H and O–H groups in total. The highest BCUT2D eigenvalue weighted by atomic mass is 35.5. The van der Waals surface area contributed by atoms with E-state index in [-0.39, 0.29) is 5.91 Å². The summed E-state index contributed by atoms with van der Waals surface area (Å²) in [6.07, 6.45) is 5.06. The van der Waals surface area contributed by atoms with E-state index in [1.165, 1.54) is 6.20 Å². The van der Waals surface area contributed by atoms with Crippen LogP contribution in [-0.4, -0.2) is 34.4 Å². The number of hydrogen-bond donors (Lipinski definition) is 1. The van der Waals surface area contributed by atoms with Crippen LogP contribution < -0.4 is 5.32 Å². The fourth-order valence-electron chi connectivity index (χ4n) is 2.40. The van der Waals surface area contributed by atoms with Gasteiger partial charge in [0.15, 0.2) is 0 Å². The first kappa shape index (κ1) is 18.2. The summed E-state index contributed by atoms with van der Waals surface area (Å²) in [5, 5.41) is 3.80. The Hall–Kier alpha value is -2.14. The van der Waals surface area contributed by atoms with Gasteiger partial charge >= 0.3 is 0 Å². The fraction of sp³-hybridized carbons (Fsp3) is 0.389. The van der Waals surface area contributed by atoms with Gasteiger partial charge in [-0.15, -0.1) is 0 Å². The van der Waals surface area contributed by atoms with Crippen LogP contribution in [0.3, 0.4) is 0 Å². The average Bonchev–Trinajstić information content (AvgIpc) is 2.55. The third-order valence-electron chi connectivity index (χ3n) is 3.75. The van der Waals surface area contributed by atoms with Gasteiger partial charge in [0.05, 0.1) is 23.1 Å². The number of carbonyl (C=O) groups is 1. The molecule has 128 valence electrons. The Morgan fingerprint density at radius 1 is 1.25 bits per heavy atom. The van der Waals surface area contributed by atoms with E-state index in [1.54, 1.807) is 18.1 Å². The van der Waals surface area contributed by atoms with Crippen molar-refractivity contribution in [3.8, 4) is 0 Å². The molecule has 0 fully saturated rings. The zero-order valence-electron chi connectivity index (χ0n) is 14.6. The molecule has 0 saturated carbocycles. The fourth-order valence-corrected chi connectivity index (χ4v) is 2.77. The SMILES string of the molecule is CCCCN(C)C(=O)c1cnc(Nc2c(C)cc(C)cc2Cl)cn1. The number of nitrogens with zero attached hydrogens (tertiary/aromatic N) is 3. The summed E-state index contributed by atoms with van der Waals surface area (Å²) in [4.78, 5) is 22.4. The van der Waals surface area contributed by atoms with Gasteiger partial charge in [-0.1, -0.05) is 31.0 Å². The van der Waals surface area contributed by atoms with Crippen molar-refractivity contribution in [2.75, 3.05) is 18.9 Å². The largest absolute Gasteiger partial charge is 0.340 e. The van der Waals surface area contributed by atoms with E-state index in [4.69, 9.17) is 11.6 Å². The molecule has 1 amide bonds. The highest BCUT2D eigenvalue weighted by Crippen LogP contribution is 2.29. The highest BCUT2D eigenvalue weighted by Gasteiger charge is 2.13. The molecule has 0 saturated heterocycles. The molecule has 1 aromatic heterocycles. The Kier molecular flexibility index (Phi) is 6.15. The zero-order valence-corrected chi connectivity index (χ0v) is 15.3. The van der Waals surface area contributed by atoms with Crippen molar-refractivity contribution in [3.05, 3.63) is 46.4 Å². The molecule has 2 rings (SSSR count). The summed E-state index contributed by atoms with van der Waals surface area (Å²) in [5.74, 6) is 0.434. The van der Waals surface area contributed by atoms with Crippen LogP contribution in [0.5, 0.6) is 0 Å².